The van der Waals surface area contributed by atoms with Crippen molar-refractivity contribution in [3.05, 3.63) is 68.1 Å². The van der Waals surface area contributed by atoms with Crippen molar-refractivity contribution in [1.82, 2.24) is 10.6 Å². The van der Waals surface area contributed by atoms with Crippen molar-refractivity contribution in [2.45, 2.75) is 18.9 Å². The first-order valence-electron chi connectivity index (χ1n) is 8.67. The molecule has 4 nitrogen and oxygen atoms in total. The lowest BCUT2D eigenvalue weighted by molar-refractivity contribution is -0.122. The van der Waals surface area contributed by atoms with E-state index in [0.717, 1.165) is 15.8 Å². The van der Waals surface area contributed by atoms with Crippen molar-refractivity contribution >= 4 is 62.7 Å². The van der Waals surface area contributed by atoms with Crippen molar-refractivity contribution in [2.75, 3.05) is 18.6 Å². The van der Waals surface area contributed by atoms with Gasteiger partial charge in [-0.15, -0.1) is 0 Å². The molecule has 2 N–H and O–H groups in total. The van der Waals surface area contributed by atoms with Crippen LogP contribution in [-0.2, 0) is 11.2 Å². The van der Waals surface area contributed by atoms with Crippen LogP contribution in [0, 0.1) is 0 Å². The highest BCUT2D eigenvalue weighted by molar-refractivity contribution is 9.10. The number of carbonyl (C=O) groups excluding carboxylic acids is 2. The lowest BCUT2D eigenvalue weighted by atomic mass is 10.1. The predicted molar refractivity (Wildman–Crippen MR) is 122 cm³/mol. The second-order valence-corrected chi connectivity index (χ2v) is 8.84. The van der Waals surface area contributed by atoms with Gasteiger partial charge in [0.15, 0.2) is 0 Å². The molecule has 0 aromatic heterocycles. The molecule has 2 aromatic rings. The topological polar surface area (TPSA) is 58.2 Å². The van der Waals surface area contributed by atoms with E-state index in [2.05, 4.69) is 26.6 Å². The average Bonchev–Trinajstić information content (AvgIpc) is 2.67. The van der Waals surface area contributed by atoms with Gasteiger partial charge in [-0.25, -0.2) is 0 Å². The van der Waals surface area contributed by atoms with Crippen LogP contribution in [0.1, 0.15) is 22.3 Å². The normalized spacial score (nSPS) is 11.7. The Morgan fingerprint density at radius 2 is 1.86 bits per heavy atom. The molecule has 2 amide bonds. The van der Waals surface area contributed by atoms with Crippen LogP contribution >= 0.6 is 50.9 Å². The predicted octanol–water partition coefficient (Wildman–Crippen LogP) is 4.97. The van der Waals surface area contributed by atoms with Gasteiger partial charge in [-0.2, -0.15) is 11.8 Å². The number of benzene rings is 2. The highest BCUT2D eigenvalue weighted by atomic mass is 79.9. The molecule has 0 unspecified atom stereocenters. The van der Waals surface area contributed by atoms with E-state index in [0.29, 0.717) is 35.0 Å². The molecule has 0 spiro atoms. The summed E-state index contributed by atoms with van der Waals surface area (Å²) in [6.45, 7) is 0.421. The van der Waals surface area contributed by atoms with E-state index >= 15 is 0 Å². The Bertz CT molecular complexity index is 818. The molecule has 0 aliphatic rings. The molecule has 0 fully saturated rings. The molecular weight excluding hydrogens is 483 g/mol. The van der Waals surface area contributed by atoms with Crippen LogP contribution in [-0.4, -0.2) is 36.4 Å². The third kappa shape index (κ3) is 7.32. The fourth-order valence-electron chi connectivity index (χ4n) is 2.52. The van der Waals surface area contributed by atoms with E-state index in [1.165, 1.54) is 0 Å². The minimum Gasteiger partial charge on any atom is -0.354 e. The number of halogens is 3. The number of carbonyl (C=O) groups is 2. The van der Waals surface area contributed by atoms with Crippen LogP contribution < -0.4 is 10.6 Å². The Morgan fingerprint density at radius 1 is 1.14 bits per heavy atom. The van der Waals surface area contributed by atoms with Crippen molar-refractivity contribution in [3.63, 3.8) is 0 Å². The summed E-state index contributed by atoms with van der Waals surface area (Å²) in [5, 5.41) is 6.87. The van der Waals surface area contributed by atoms with E-state index in [4.69, 9.17) is 23.2 Å². The lowest BCUT2D eigenvalue weighted by Crippen LogP contribution is -2.47. The van der Waals surface area contributed by atoms with Gasteiger partial charge in [0.05, 0.1) is 0 Å². The van der Waals surface area contributed by atoms with Crippen LogP contribution in [0.4, 0.5) is 0 Å². The van der Waals surface area contributed by atoms with Crippen LogP contribution in [0.2, 0.25) is 10.0 Å². The van der Waals surface area contributed by atoms with E-state index < -0.39 is 6.04 Å². The molecule has 150 valence electrons. The summed E-state index contributed by atoms with van der Waals surface area (Å²) in [5.41, 5.74) is 1.42. The summed E-state index contributed by atoms with van der Waals surface area (Å²) in [4.78, 5) is 25.1. The Balaban J connectivity index is 1.94. The molecule has 0 aliphatic carbocycles. The number of hydrogen-bond donors (Lipinski definition) is 2. The number of amides is 2. The Labute approximate surface area is 187 Å². The first-order chi connectivity index (χ1) is 13.4. The molecule has 0 radical (unpaired) electrons. The molecule has 0 saturated carbocycles. The van der Waals surface area contributed by atoms with Crippen LogP contribution in [0.25, 0.3) is 0 Å². The second-order valence-electron chi connectivity index (χ2n) is 6.09. The molecule has 1 atom stereocenters. The second kappa shape index (κ2) is 11.7. The van der Waals surface area contributed by atoms with Gasteiger partial charge >= 0.3 is 0 Å². The number of rotatable bonds is 9. The number of hydrogen-bond acceptors (Lipinski definition) is 3. The zero-order chi connectivity index (χ0) is 20.5. The molecule has 2 rings (SSSR count). The lowest BCUT2D eigenvalue weighted by Gasteiger charge is -2.18. The Morgan fingerprint density at radius 3 is 2.50 bits per heavy atom. The van der Waals surface area contributed by atoms with Crippen LogP contribution in [0.3, 0.4) is 0 Å². The highest BCUT2D eigenvalue weighted by Gasteiger charge is 2.21. The monoisotopic (exact) mass is 502 g/mol. The first-order valence-corrected chi connectivity index (χ1v) is 11.6. The van der Waals surface area contributed by atoms with Gasteiger partial charge in [0.25, 0.3) is 5.91 Å². The highest BCUT2D eigenvalue weighted by Crippen LogP contribution is 2.21. The summed E-state index contributed by atoms with van der Waals surface area (Å²) in [6, 6.07) is 11.7. The van der Waals surface area contributed by atoms with Crippen LogP contribution in [0.5, 0.6) is 0 Å². The van der Waals surface area contributed by atoms with E-state index in [-0.39, 0.29) is 11.8 Å². The third-order valence-electron chi connectivity index (χ3n) is 4.05. The van der Waals surface area contributed by atoms with Gasteiger partial charge in [-0.1, -0.05) is 45.2 Å². The zero-order valence-corrected chi connectivity index (χ0v) is 19.2. The number of nitrogens with one attached hydrogen (secondary N) is 2. The summed E-state index contributed by atoms with van der Waals surface area (Å²) in [7, 11) is 0. The molecule has 2 aromatic carbocycles. The van der Waals surface area contributed by atoms with E-state index in [1.54, 1.807) is 48.2 Å². The average molecular weight is 504 g/mol. The Hall–Kier alpha value is -1.21. The van der Waals surface area contributed by atoms with Gasteiger partial charge < -0.3 is 10.6 Å². The maximum atomic E-state index is 12.6. The van der Waals surface area contributed by atoms with Crippen LogP contribution in [0.15, 0.2) is 46.9 Å². The summed E-state index contributed by atoms with van der Waals surface area (Å²) in [6.07, 6.45) is 3.10. The molecule has 8 heteroatoms. The molecule has 28 heavy (non-hydrogen) atoms. The fraction of sp³-hybridized carbons (Fsp3) is 0.300. The molecular formula is C20H21BrCl2N2O2S. The standard InChI is InChI=1S/C20H21BrCl2N2O2S/c1-28-11-9-18(25-19(26)14-2-5-15(21)6-3-14)20(27)24-10-8-13-4-7-16(22)12-17(13)23/h2-7,12,18H,8-11H2,1H3,(H,24,27)(H,25,26)/t18-/m1/s1. The van der Waals surface area contributed by atoms with E-state index in [1.807, 2.05) is 12.3 Å². The third-order valence-corrected chi connectivity index (χ3v) is 5.81. The minimum atomic E-state index is -0.593. The molecule has 0 bridgehead atoms. The Kier molecular flexibility index (Phi) is 9.65. The van der Waals surface area contributed by atoms with Gasteiger partial charge in [-0.05, 0) is 66.8 Å². The smallest absolute Gasteiger partial charge is 0.251 e. The van der Waals surface area contributed by atoms with Gasteiger partial charge in [0.1, 0.15) is 6.04 Å². The van der Waals surface area contributed by atoms with Gasteiger partial charge in [0.2, 0.25) is 5.91 Å². The van der Waals surface area contributed by atoms with E-state index in [9.17, 15) is 9.59 Å². The zero-order valence-electron chi connectivity index (χ0n) is 15.3. The molecule has 0 aliphatic heterocycles. The largest absolute Gasteiger partial charge is 0.354 e. The quantitative estimate of drug-likeness (QED) is 0.508. The van der Waals surface area contributed by atoms with Crippen molar-refractivity contribution < 1.29 is 9.59 Å². The fourth-order valence-corrected chi connectivity index (χ4v) is 3.75. The van der Waals surface area contributed by atoms with Crippen molar-refractivity contribution in [3.8, 4) is 0 Å². The summed E-state index contributed by atoms with van der Waals surface area (Å²) in [5.74, 6) is 0.293. The first kappa shape index (κ1) is 23.1. The maximum absolute atomic E-state index is 12.6. The van der Waals surface area contributed by atoms with Gasteiger partial charge in [0, 0.05) is 26.6 Å². The van der Waals surface area contributed by atoms with Gasteiger partial charge in [-0.3, -0.25) is 9.59 Å². The minimum absolute atomic E-state index is 0.204. The molecule has 0 saturated heterocycles. The number of thioether (sulfide) groups is 1. The van der Waals surface area contributed by atoms with Crippen molar-refractivity contribution in [2.24, 2.45) is 0 Å². The SMILES string of the molecule is CSCC[C@@H](NC(=O)c1ccc(Br)cc1)C(=O)NCCc1ccc(Cl)cc1Cl. The molecule has 0 heterocycles. The maximum Gasteiger partial charge on any atom is 0.251 e. The summed E-state index contributed by atoms with van der Waals surface area (Å²) >= 11 is 17.0. The van der Waals surface area contributed by atoms with Crippen molar-refractivity contribution in [1.29, 1.82) is 0 Å². The summed E-state index contributed by atoms with van der Waals surface area (Å²) < 4.78 is 0.890.